The number of nitrogens with one attached hydrogen (secondary N) is 3. The minimum atomic E-state index is -4.44. The summed E-state index contributed by atoms with van der Waals surface area (Å²) in [6.07, 6.45) is 3.19. The van der Waals surface area contributed by atoms with Crippen LogP contribution in [-0.2, 0) is 58.0 Å². The van der Waals surface area contributed by atoms with E-state index in [1.165, 1.54) is 62.4 Å². The second-order valence-electron chi connectivity index (χ2n) is 34.4. The molecular formula is C106H111Br2Cl4F3N12O8. The van der Waals surface area contributed by atoms with E-state index in [1.807, 2.05) is 111 Å². The van der Waals surface area contributed by atoms with Gasteiger partial charge < -0.3 is 69.5 Å². The second-order valence-corrected chi connectivity index (χ2v) is 37.9. The molecule has 1 aliphatic heterocycles. The number of nitrogens with zero attached hydrogens (tertiary/aromatic N) is 9. The maximum Gasteiger partial charge on any atom is 0.416 e. The zero-order chi connectivity index (χ0) is 95.2. The minimum absolute atomic E-state index is 0.00000463. The molecule has 3 atom stereocenters. The monoisotopic (exact) mass is 2030 g/mol. The van der Waals surface area contributed by atoms with E-state index in [9.17, 15) is 48.0 Å². The fourth-order valence-corrected chi connectivity index (χ4v) is 18.7. The quantitative estimate of drug-likeness (QED) is 0.0190. The van der Waals surface area contributed by atoms with Gasteiger partial charge >= 0.3 is 6.18 Å². The molecule has 0 radical (unpaired) electrons. The highest BCUT2D eigenvalue weighted by Gasteiger charge is 2.31. The van der Waals surface area contributed by atoms with Crippen molar-refractivity contribution in [2.75, 3.05) is 100 Å². The molecule has 0 bridgehead atoms. The molecule has 3 unspecified atom stereocenters. The Kier molecular flexibility index (Phi) is 36.0. The smallest absolute Gasteiger partial charge is 0.395 e. The molecule has 16 rings (SSSR count). The molecule has 135 heavy (non-hydrogen) atoms. The summed E-state index contributed by atoms with van der Waals surface area (Å²) in [5, 5.41) is 50.5. The summed E-state index contributed by atoms with van der Waals surface area (Å²) in [6.45, 7) is 13.2. The van der Waals surface area contributed by atoms with E-state index < -0.39 is 11.7 Å². The molecular weight excluding hydrogens is 1930 g/mol. The van der Waals surface area contributed by atoms with Crippen LogP contribution in [0, 0.1) is 5.92 Å². The minimum Gasteiger partial charge on any atom is -0.395 e. The van der Waals surface area contributed by atoms with Gasteiger partial charge in [0.2, 0.25) is 0 Å². The first-order valence-corrected chi connectivity index (χ1v) is 48.6. The lowest BCUT2D eigenvalue weighted by Gasteiger charge is -2.28. The standard InChI is InChI=1S/C36H35Cl2F3N4O3.C35H35BrCl2N4O3.C35H41BrN4O2/c1-23(48)18-32(42-21-25-4-12-30(37)31(38)19-25)27-7-13-34-33(20-27)43-35(26-5-10-29(11-6-26)44(14-16-46)15-17-47)45(34)22-24-2-8-28(9-3-24)36(39,40)41;1-23(45)18-32(39-21-25-4-12-30(37)31(38)19-25)27-7-13-34-33(20-27)40-35(42(34)22-24-2-8-28(36)9-3-24)26-5-10-29(11-6-26)41(14-16-43)15-17-44;1-25(41)21-32(37-23-26-5-3-2-4-6-26)29-11-16-34-33(22-29)38-35(40(34)24-27-7-12-30(36)13-8-27)28-9-14-31(15-10-28)39-17-19-42-20-18-39/h2-13,19-20,32,42,46-47H,14-18,21-22H2,1H3;2-13,19-20,32,39,43-44H,14-18,21-22H2,1H3;7-16,22,26,32,37H,2-6,17-21,23-24H2,1H3. The van der Waals surface area contributed by atoms with Gasteiger partial charge in [-0.15, -0.1) is 0 Å². The van der Waals surface area contributed by atoms with E-state index in [0.29, 0.717) is 102 Å². The number of imidazole rings is 3. The molecule has 2 fully saturated rings. The van der Waals surface area contributed by atoms with Crippen molar-refractivity contribution in [3.8, 4) is 34.2 Å². The van der Waals surface area contributed by atoms with Crippen LogP contribution in [0.2, 0.25) is 20.1 Å². The van der Waals surface area contributed by atoms with Gasteiger partial charge in [0.1, 0.15) is 34.8 Å². The molecule has 7 N–H and O–H groups in total. The number of fused-ring (bicyclic) bond motifs is 3. The summed E-state index contributed by atoms with van der Waals surface area (Å²) in [6, 6.07) is 75.1. The van der Waals surface area contributed by atoms with Gasteiger partial charge in [0.25, 0.3) is 0 Å². The van der Waals surface area contributed by atoms with Crippen LogP contribution in [0.5, 0.6) is 0 Å². The van der Waals surface area contributed by atoms with Crippen LogP contribution in [0.25, 0.3) is 67.3 Å². The third-order valence-electron chi connectivity index (χ3n) is 24.5. The normalized spacial score (nSPS) is 13.7. The van der Waals surface area contributed by atoms with Crippen molar-refractivity contribution >= 4 is 146 Å². The fourth-order valence-electron chi connectivity index (χ4n) is 17.5. The van der Waals surface area contributed by atoms with Gasteiger partial charge in [-0.05, 0) is 260 Å². The lowest BCUT2D eigenvalue weighted by molar-refractivity contribution is -0.137. The van der Waals surface area contributed by atoms with Crippen LogP contribution in [0.4, 0.5) is 30.2 Å². The van der Waals surface area contributed by atoms with Gasteiger partial charge in [-0.2, -0.15) is 13.2 Å². The van der Waals surface area contributed by atoms with Crippen molar-refractivity contribution in [2.24, 2.45) is 5.92 Å². The number of hydrogen-bond acceptors (Lipinski definition) is 17. The van der Waals surface area contributed by atoms with Gasteiger partial charge in [0.05, 0.1) is 98.4 Å². The number of Topliss-reactive ketones (excluding diaryl/α,β-unsaturated/α-hetero) is 3. The summed E-state index contributed by atoms with van der Waals surface area (Å²) in [4.78, 5) is 58.4. The first-order valence-electron chi connectivity index (χ1n) is 45.5. The van der Waals surface area contributed by atoms with Crippen molar-refractivity contribution in [3.63, 3.8) is 0 Å². The largest absolute Gasteiger partial charge is 0.416 e. The number of halogens is 9. The molecule has 1 aliphatic carbocycles. The van der Waals surface area contributed by atoms with E-state index in [0.717, 1.165) is 161 Å². The number of alkyl halides is 3. The van der Waals surface area contributed by atoms with Crippen LogP contribution in [0.15, 0.2) is 246 Å². The summed E-state index contributed by atoms with van der Waals surface area (Å²) in [5.41, 5.74) is 18.2. The molecule has 1 saturated heterocycles. The number of anilines is 3. The molecule has 20 nitrogen and oxygen atoms in total. The van der Waals surface area contributed by atoms with Gasteiger partial charge in [0.15, 0.2) is 0 Å². The Morgan fingerprint density at radius 1 is 0.430 bits per heavy atom. The van der Waals surface area contributed by atoms with Gasteiger partial charge in [-0.25, -0.2) is 15.0 Å². The number of benzene rings is 11. The Bertz CT molecular complexity index is 6310. The Morgan fingerprint density at radius 2 is 0.770 bits per heavy atom. The topological polar surface area (TPSA) is 241 Å². The van der Waals surface area contributed by atoms with E-state index >= 15 is 0 Å². The van der Waals surface area contributed by atoms with E-state index in [2.05, 4.69) is 159 Å². The van der Waals surface area contributed by atoms with Crippen LogP contribution in [0.3, 0.4) is 0 Å². The molecule has 3 aromatic heterocycles. The molecule has 11 aromatic carbocycles. The number of hydrogen-bond donors (Lipinski definition) is 7. The average molecular weight is 2040 g/mol. The highest BCUT2D eigenvalue weighted by molar-refractivity contribution is 9.10. The van der Waals surface area contributed by atoms with E-state index in [1.54, 1.807) is 32.0 Å². The Labute approximate surface area is 822 Å². The maximum atomic E-state index is 13.3. The first-order chi connectivity index (χ1) is 65.2. The number of ketones is 3. The fraction of sp³-hybridized carbons (Fsp3) is 0.321. The number of carbonyl (C=O) groups is 3. The molecule has 14 aromatic rings. The molecule has 4 heterocycles. The van der Waals surface area contributed by atoms with Crippen LogP contribution in [-0.4, -0.2) is 152 Å². The average Bonchev–Trinajstić information content (AvgIpc) is 1.63. The lowest BCUT2D eigenvalue weighted by Crippen LogP contribution is -2.36. The van der Waals surface area contributed by atoms with Crippen LogP contribution >= 0.6 is 78.3 Å². The van der Waals surface area contributed by atoms with Gasteiger partial charge in [-0.1, -0.05) is 164 Å². The van der Waals surface area contributed by atoms with Crippen molar-refractivity contribution in [2.45, 2.75) is 129 Å². The van der Waals surface area contributed by atoms with E-state index in [4.69, 9.17) is 66.1 Å². The molecule has 706 valence electrons. The van der Waals surface area contributed by atoms with Crippen LogP contribution < -0.4 is 30.7 Å². The second kappa shape index (κ2) is 48.2. The number of ether oxygens (including phenoxy) is 1. The van der Waals surface area contributed by atoms with Crippen molar-refractivity contribution in [1.29, 1.82) is 0 Å². The summed E-state index contributed by atoms with van der Waals surface area (Å²) >= 11 is 31.7. The van der Waals surface area contributed by atoms with Crippen molar-refractivity contribution in [1.82, 2.24) is 44.6 Å². The number of aliphatic hydroxyl groups excluding tert-OH is 4. The summed E-state index contributed by atoms with van der Waals surface area (Å²) in [5.74, 6) is 3.38. The predicted octanol–water partition coefficient (Wildman–Crippen LogP) is 22.6. The molecule has 0 amide bonds. The maximum absolute atomic E-state index is 13.3. The number of carbonyl (C=O) groups excluding carboxylic acids is 3. The number of rotatable bonds is 38. The highest BCUT2D eigenvalue weighted by atomic mass is 79.9. The Morgan fingerprint density at radius 3 is 1.11 bits per heavy atom. The third-order valence-corrected chi connectivity index (χ3v) is 27.1. The molecule has 0 spiro atoms. The van der Waals surface area contributed by atoms with E-state index in [-0.39, 0.29) is 74.9 Å². The summed E-state index contributed by atoms with van der Waals surface area (Å²) < 4.78 is 53.9. The number of aliphatic hydroxyl groups is 4. The predicted molar refractivity (Wildman–Crippen MR) is 544 cm³/mol. The van der Waals surface area contributed by atoms with Crippen LogP contribution in [0.1, 0.15) is 140 Å². The highest BCUT2D eigenvalue weighted by Crippen LogP contribution is 2.39. The third kappa shape index (κ3) is 27.2. The number of morpholine rings is 1. The summed E-state index contributed by atoms with van der Waals surface area (Å²) in [7, 11) is 0. The molecule has 2 aliphatic rings. The SMILES string of the molecule is CC(=O)CC(NCC1CCCCC1)c1ccc2c(c1)nc(-c1ccc(N3CCOCC3)cc1)n2Cc1ccc(Br)cc1.CC(=O)CC(NCc1ccc(Cl)c(Cl)c1)c1ccc2c(c1)nc(-c1ccc(N(CCO)CCO)cc1)n2Cc1ccc(Br)cc1.CC(=O)CC(NCc1ccc(Cl)c(Cl)c1)c1ccc2c(c1)nc(-c1ccc(N(CCO)CCO)cc1)n2Cc1ccc(C(F)(F)F)cc1. The lowest BCUT2D eigenvalue weighted by atomic mass is 9.89. The number of aromatic nitrogens is 6. The van der Waals surface area contributed by atoms with Crippen molar-refractivity contribution < 1.29 is 52.7 Å². The first kappa shape index (κ1) is 101. The zero-order valence-corrected chi connectivity index (χ0v) is 81.8. The molecule has 1 saturated carbocycles. The Hall–Kier alpha value is -10.2. The van der Waals surface area contributed by atoms with Gasteiger partial charge in [-0.3, -0.25) is 14.4 Å². The van der Waals surface area contributed by atoms with Crippen molar-refractivity contribution in [3.05, 3.63) is 316 Å². The zero-order valence-electron chi connectivity index (χ0n) is 75.6. The van der Waals surface area contributed by atoms with Gasteiger partial charge in [0, 0.05) is 152 Å². The Balaban J connectivity index is 0.000000163. The molecule has 29 heteroatoms.